The SMILES string of the molecule is B.O[Si](O)(O)O.[AlH3].[SiH4]. The third-order valence-electron chi connectivity index (χ3n) is 0. The maximum atomic E-state index is 7.33. The van der Waals surface area contributed by atoms with Crippen molar-refractivity contribution >= 4 is 45.8 Å². The molecule has 0 aliphatic heterocycles. The molecule has 0 rings (SSSR count). The number of hydrogen-bond acceptors (Lipinski definition) is 4. The van der Waals surface area contributed by atoms with Gasteiger partial charge in [-0.25, -0.2) is 0 Å². The van der Waals surface area contributed by atoms with Gasteiger partial charge in [-0.3, -0.25) is 0 Å². The molecule has 0 saturated carbocycles. The summed E-state index contributed by atoms with van der Waals surface area (Å²) in [5.41, 5.74) is 0. The van der Waals surface area contributed by atoms with Crippen molar-refractivity contribution in [3.8, 4) is 0 Å². The maximum Gasteiger partial charge on any atom is 0.668 e. The lowest BCUT2D eigenvalue weighted by Crippen LogP contribution is -2.33. The van der Waals surface area contributed by atoms with Crippen LogP contribution in [-0.4, -0.2) is 65.0 Å². The summed E-state index contributed by atoms with van der Waals surface area (Å²) < 4.78 is 0. The van der Waals surface area contributed by atoms with E-state index < -0.39 is 9.05 Å². The third kappa shape index (κ3) is 312. The molecule has 0 aromatic rings. The minimum Gasteiger partial charge on any atom is -0.368 e. The van der Waals surface area contributed by atoms with Gasteiger partial charge in [-0.2, -0.15) is 0 Å². The first-order valence-electron chi connectivity index (χ1n) is 0.894. The zero-order valence-corrected chi connectivity index (χ0v) is 3.29. The summed E-state index contributed by atoms with van der Waals surface area (Å²) in [4.78, 5) is 29.3. The quantitative estimate of drug-likeness (QED) is 0.274. The van der Waals surface area contributed by atoms with E-state index in [1.165, 1.54) is 0 Å². The van der Waals surface area contributed by atoms with Crippen LogP contribution in [0.25, 0.3) is 0 Å². The lowest BCUT2D eigenvalue weighted by molar-refractivity contribution is 0.117. The van der Waals surface area contributed by atoms with Crippen molar-refractivity contribution in [2.45, 2.75) is 0 Å². The van der Waals surface area contributed by atoms with Crippen molar-refractivity contribution in [3.63, 3.8) is 0 Å². The predicted octanol–water partition coefficient (Wildman–Crippen LogP) is -6.43. The lowest BCUT2D eigenvalue weighted by atomic mass is 10.8. The van der Waals surface area contributed by atoms with Gasteiger partial charge in [0.2, 0.25) is 0 Å². The van der Waals surface area contributed by atoms with Crippen LogP contribution in [0, 0.1) is 0 Å². The molecule has 0 aliphatic rings. The summed E-state index contributed by atoms with van der Waals surface area (Å²) in [7, 11) is -4.61. The van der Waals surface area contributed by atoms with E-state index in [0.717, 1.165) is 0 Å². The first kappa shape index (κ1) is 23.2. The summed E-state index contributed by atoms with van der Waals surface area (Å²) in [6, 6.07) is 0. The van der Waals surface area contributed by atoms with Gasteiger partial charge < -0.3 is 19.2 Å². The van der Waals surface area contributed by atoms with Crippen molar-refractivity contribution in [2.24, 2.45) is 0 Å². The molecule has 8 heavy (non-hydrogen) atoms. The molecule has 0 spiro atoms. The molecule has 0 radical (unpaired) electrons. The predicted molar refractivity (Wildman–Crippen MR) is 45.8 cm³/mol. The number of hydrogen-bond donors (Lipinski definition) is 4. The van der Waals surface area contributed by atoms with Crippen LogP contribution in [0.1, 0.15) is 0 Å². The fraction of sp³-hybridized carbons (Fsp3) is 0. The normalized spacial score (nSPS) is 7.50. The van der Waals surface area contributed by atoms with Gasteiger partial charge in [-0.1, -0.05) is 0 Å². The molecule has 4 N–H and O–H groups in total. The van der Waals surface area contributed by atoms with Crippen LogP contribution in [0.5, 0.6) is 0 Å². The smallest absolute Gasteiger partial charge is 0.368 e. The fourth-order valence-electron chi connectivity index (χ4n) is 0. The Morgan fingerprint density at radius 3 is 0.875 bits per heavy atom. The minimum atomic E-state index is -4.61. The van der Waals surface area contributed by atoms with E-state index >= 15 is 0 Å². The monoisotopic (exact) mass is 172 g/mol. The Balaban J connectivity index is -0.0000000267. The van der Waals surface area contributed by atoms with Crippen molar-refractivity contribution in [2.75, 3.05) is 0 Å². The van der Waals surface area contributed by atoms with Crippen LogP contribution in [-0.2, 0) is 0 Å². The van der Waals surface area contributed by atoms with E-state index in [-0.39, 0.29) is 36.7 Å². The van der Waals surface area contributed by atoms with Crippen LogP contribution in [0.3, 0.4) is 0 Å². The Kier molecular flexibility index (Phi) is 22.8. The summed E-state index contributed by atoms with van der Waals surface area (Å²) in [5.74, 6) is 0. The molecule has 8 heteroatoms. The highest BCUT2D eigenvalue weighted by atomic mass is 28.4. The molecule has 0 unspecified atom stereocenters. The van der Waals surface area contributed by atoms with Gasteiger partial charge in [-0.15, -0.1) is 0 Å². The fourth-order valence-corrected chi connectivity index (χ4v) is 0. The Labute approximate surface area is 65.4 Å². The Morgan fingerprint density at radius 2 is 0.875 bits per heavy atom. The molecule has 0 atom stereocenters. The topological polar surface area (TPSA) is 80.9 Å². The zero-order chi connectivity index (χ0) is 4.50. The van der Waals surface area contributed by atoms with E-state index in [1.54, 1.807) is 0 Å². The molecule has 0 heterocycles. The average Bonchev–Trinajstić information content (AvgIpc) is 0.722. The zero-order valence-electron chi connectivity index (χ0n) is 2.29. The van der Waals surface area contributed by atoms with Gasteiger partial charge in [0.15, 0.2) is 17.4 Å². The molecule has 0 aromatic heterocycles. The van der Waals surface area contributed by atoms with Crippen LogP contribution >= 0.6 is 0 Å². The molecule has 0 bridgehead atoms. The van der Waals surface area contributed by atoms with Crippen LogP contribution in [0.4, 0.5) is 0 Å². The lowest BCUT2D eigenvalue weighted by Gasteiger charge is -1.91. The van der Waals surface area contributed by atoms with Crippen LogP contribution in [0.15, 0.2) is 0 Å². The highest BCUT2D eigenvalue weighted by Crippen LogP contribution is 1.67. The van der Waals surface area contributed by atoms with Gasteiger partial charge in [-0.05, 0) is 11.0 Å². The minimum absolute atomic E-state index is 0. The Bertz CT molecular complexity index is 29.5. The molecule has 0 amide bonds. The van der Waals surface area contributed by atoms with Gasteiger partial charge in [0.25, 0.3) is 0 Å². The van der Waals surface area contributed by atoms with Crippen molar-refractivity contribution in [1.82, 2.24) is 0 Å². The average molecular weight is 172 g/mol. The molecular formula is H14AlBO4Si2. The highest BCUT2D eigenvalue weighted by molar-refractivity contribution is 6.46. The first-order valence-corrected chi connectivity index (χ1v) is 2.68. The molecule has 0 aromatic carbocycles. The summed E-state index contributed by atoms with van der Waals surface area (Å²) in [6.45, 7) is 0. The van der Waals surface area contributed by atoms with Gasteiger partial charge in [0, 0.05) is 0 Å². The summed E-state index contributed by atoms with van der Waals surface area (Å²) in [5, 5.41) is 0. The molecular weight excluding hydrogens is 158 g/mol. The van der Waals surface area contributed by atoms with Gasteiger partial charge in [0.05, 0.1) is 8.41 Å². The summed E-state index contributed by atoms with van der Waals surface area (Å²) >= 11 is 0. The molecule has 0 aliphatic carbocycles. The second kappa shape index (κ2) is 7.87. The van der Waals surface area contributed by atoms with E-state index in [0.29, 0.717) is 0 Å². The van der Waals surface area contributed by atoms with Crippen molar-refractivity contribution in [3.05, 3.63) is 0 Å². The highest BCUT2D eigenvalue weighted by Gasteiger charge is 2.22. The first-order chi connectivity index (χ1) is 2.00. The van der Waals surface area contributed by atoms with E-state index in [2.05, 4.69) is 0 Å². The van der Waals surface area contributed by atoms with E-state index in [1.807, 2.05) is 0 Å². The van der Waals surface area contributed by atoms with E-state index in [4.69, 9.17) is 19.2 Å². The van der Waals surface area contributed by atoms with Gasteiger partial charge >= 0.3 is 9.05 Å². The van der Waals surface area contributed by atoms with Crippen LogP contribution < -0.4 is 0 Å². The number of rotatable bonds is 0. The Hall–Kier alpha value is 0.871. The molecule has 0 fully saturated rings. The summed E-state index contributed by atoms with van der Waals surface area (Å²) in [6.07, 6.45) is 0. The van der Waals surface area contributed by atoms with E-state index in [9.17, 15) is 0 Å². The maximum absolute atomic E-state index is 7.33. The van der Waals surface area contributed by atoms with Crippen molar-refractivity contribution in [1.29, 1.82) is 0 Å². The second-order valence-corrected chi connectivity index (χ2v) is 1.80. The molecule has 4 nitrogen and oxygen atoms in total. The third-order valence-corrected chi connectivity index (χ3v) is 0. The van der Waals surface area contributed by atoms with Crippen LogP contribution in [0.2, 0.25) is 0 Å². The molecule has 0 saturated heterocycles. The van der Waals surface area contributed by atoms with Crippen molar-refractivity contribution < 1.29 is 19.2 Å². The van der Waals surface area contributed by atoms with Gasteiger partial charge in [0.1, 0.15) is 0 Å². The largest absolute Gasteiger partial charge is 0.668 e. The Morgan fingerprint density at radius 1 is 0.875 bits per heavy atom. The standard InChI is InChI=1S/Al.BH3.H4O4Si.H4Si.3H/c;;1-5(2,3)4;;;;/h;1H3;1-4H;1H4;;;. The second-order valence-electron chi connectivity index (χ2n) is 0.600. The molecule has 52 valence electrons.